The molecule has 6 nitrogen and oxygen atoms in total. The molecule has 108 valence electrons. The van der Waals surface area contributed by atoms with Crippen LogP contribution in [0, 0.1) is 0 Å². The van der Waals surface area contributed by atoms with Gasteiger partial charge in [0.1, 0.15) is 5.54 Å². The first kappa shape index (κ1) is 17.7. The monoisotopic (exact) mass is 280 g/mol. The molecule has 0 aromatic heterocycles. The zero-order valence-electron chi connectivity index (χ0n) is 11.1. The zero-order chi connectivity index (χ0) is 14.0. The minimum Gasteiger partial charge on any atom is -0.394 e. The summed E-state index contributed by atoms with van der Waals surface area (Å²) in [6.45, 7) is -0.501. The summed E-state index contributed by atoms with van der Waals surface area (Å²) in [4.78, 5) is 13.6. The van der Waals surface area contributed by atoms with Gasteiger partial charge in [0.25, 0.3) is 0 Å². The number of carbonyl (C=O) groups is 1. The summed E-state index contributed by atoms with van der Waals surface area (Å²) in [5, 5.41) is 29.6. The van der Waals surface area contributed by atoms with Crippen molar-refractivity contribution in [3.63, 3.8) is 0 Å². The van der Waals surface area contributed by atoms with Crippen molar-refractivity contribution in [1.29, 1.82) is 0 Å². The third-order valence-electron chi connectivity index (χ3n) is 2.47. The van der Waals surface area contributed by atoms with Crippen LogP contribution in [-0.2, 0) is 4.79 Å². The van der Waals surface area contributed by atoms with E-state index in [1.54, 1.807) is 11.8 Å². The molecule has 0 heterocycles. The van der Waals surface area contributed by atoms with E-state index in [9.17, 15) is 4.79 Å². The third-order valence-corrected chi connectivity index (χ3v) is 3.43. The third kappa shape index (κ3) is 7.17. The number of amides is 1. The average Bonchev–Trinajstić information content (AvgIpc) is 2.35. The summed E-state index contributed by atoms with van der Waals surface area (Å²) in [7, 11) is 3.98. The Kier molecular flexibility index (Phi) is 9.39. The summed E-state index contributed by atoms with van der Waals surface area (Å²) in [5.41, 5.74) is -1.31. The van der Waals surface area contributed by atoms with Crippen LogP contribution in [0.25, 0.3) is 0 Å². The van der Waals surface area contributed by atoms with Crippen LogP contribution in [0.15, 0.2) is 0 Å². The smallest absolute Gasteiger partial charge is 0.221 e. The van der Waals surface area contributed by atoms with E-state index >= 15 is 0 Å². The lowest BCUT2D eigenvalue weighted by Gasteiger charge is -2.28. The fourth-order valence-corrected chi connectivity index (χ4v) is 2.17. The number of aliphatic hydroxyl groups excluding tert-OH is 3. The second-order valence-electron chi connectivity index (χ2n) is 4.47. The molecule has 0 aliphatic carbocycles. The summed E-state index contributed by atoms with van der Waals surface area (Å²) in [6.07, 6.45) is 0.305. The Labute approximate surface area is 112 Å². The molecule has 0 unspecified atom stereocenters. The Balaban J connectivity index is 3.82. The normalized spacial score (nSPS) is 11.9. The predicted molar refractivity (Wildman–Crippen MR) is 72.6 cm³/mol. The molecule has 0 saturated carbocycles. The first-order valence-electron chi connectivity index (χ1n) is 5.86. The van der Waals surface area contributed by atoms with Gasteiger partial charge in [0.05, 0.1) is 19.8 Å². The quantitative estimate of drug-likeness (QED) is 0.364. The van der Waals surface area contributed by atoms with E-state index in [0.717, 1.165) is 12.3 Å². The van der Waals surface area contributed by atoms with Crippen LogP contribution in [0.2, 0.25) is 0 Å². The second kappa shape index (κ2) is 9.57. The molecule has 0 bridgehead atoms. The van der Waals surface area contributed by atoms with E-state index in [0.29, 0.717) is 12.2 Å². The fraction of sp³-hybridized carbons (Fsp3) is 0.909. The molecule has 18 heavy (non-hydrogen) atoms. The van der Waals surface area contributed by atoms with Crippen LogP contribution < -0.4 is 5.32 Å². The van der Waals surface area contributed by atoms with E-state index < -0.39 is 25.4 Å². The molecular formula is C11H24N2O4S. The maximum atomic E-state index is 11.6. The van der Waals surface area contributed by atoms with Crippen LogP contribution in [0.1, 0.15) is 6.42 Å². The highest BCUT2D eigenvalue weighted by atomic mass is 32.2. The van der Waals surface area contributed by atoms with Gasteiger partial charge in [-0.3, -0.25) is 4.79 Å². The molecule has 4 N–H and O–H groups in total. The molecule has 0 rings (SSSR count). The molecular weight excluding hydrogens is 256 g/mol. The predicted octanol–water partition coefficient (Wildman–Crippen LogP) is -1.50. The van der Waals surface area contributed by atoms with Gasteiger partial charge in [0, 0.05) is 24.5 Å². The average molecular weight is 280 g/mol. The van der Waals surface area contributed by atoms with Crippen LogP contribution in [0.3, 0.4) is 0 Å². The highest BCUT2D eigenvalue weighted by molar-refractivity contribution is 7.99. The van der Waals surface area contributed by atoms with Crippen molar-refractivity contribution >= 4 is 17.7 Å². The minimum absolute atomic E-state index is 0.274. The number of thioether (sulfide) groups is 1. The lowest BCUT2D eigenvalue weighted by atomic mass is 10.0. The first-order valence-corrected chi connectivity index (χ1v) is 7.01. The largest absolute Gasteiger partial charge is 0.394 e. The van der Waals surface area contributed by atoms with E-state index in [1.807, 2.05) is 14.1 Å². The summed E-state index contributed by atoms with van der Waals surface area (Å²) >= 11 is 1.67. The highest BCUT2D eigenvalue weighted by Gasteiger charge is 2.29. The Morgan fingerprint density at radius 1 is 1.17 bits per heavy atom. The summed E-state index contributed by atoms with van der Waals surface area (Å²) < 4.78 is 0. The standard InChI is InChI=1S/C11H24N2O4S/c1-13(2)4-6-18-5-3-10(17)12-11(7-14,8-15)9-16/h14-16H,3-9H2,1-2H3,(H,12,17). The van der Waals surface area contributed by atoms with Gasteiger partial charge in [-0.1, -0.05) is 0 Å². The number of carbonyl (C=O) groups excluding carboxylic acids is 1. The van der Waals surface area contributed by atoms with Gasteiger partial charge in [-0.15, -0.1) is 0 Å². The Morgan fingerprint density at radius 2 is 1.72 bits per heavy atom. The van der Waals surface area contributed by atoms with Crippen LogP contribution in [0.4, 0.5) is 0 Å². The maximum absolute atomic E-state index is 11.6. The molecule has 1 amide bonds. The van der Waals surface area contributed by atoms with Gasteiger partial charge < -0.3 is 25.5 Å². The van der Waals surface area contributed by atoms with E-state index in [4.69, 9.17) is 15.3 Å². The lowest BCUT2D eigenvalue weighted by Crippen LogP contribution is -2.57. The Morgan fingerprint density at radius 3 is 2.17 bits per heavy atom. The number of hydrogen-bond donors (Lipinski definition) is 4. The van der Waals surface area contributed by atoms with Crippen LogP contribution in [0.5, 0.6) is 0 Å². The molecule has 0 saturated heterocycles. The van der Waals surface area contributed by atoms with Crippen molar-refractivity contribution in [2.24, 2.45) is 0 Å². The van der Waals surface area contributed by atoms with Crippen LogP contribution >= 0.6 is 11.8 Å². The number of hydrogen-bond acceptors (Lipinski definition) is 6. The first-order chi connectivity index (χ1) is 8.49. The molecule has 0 fully saturated rings. The van der Waals surface area contributed by atoms with Crippen molar-refractivity contribution in [2.75, 3.05) is 52.0 Å². The fourth-order valence-electron chi connectivity index (χ4n) is 1.14. The van der Waals surface area contributed by atoms with Crippen LogP contribution in [-0.4, -0.2) is 83.6 Å². The van der Waals surface area contributed by atoms with Crippen molar-refractivity contribution in [2.45, 2.75) is 12.0 Å². The van der Waals surface area contributed by atoms with E-state index in [2.05, 4.69) is 10.2 Å². The highest BCUT2D eigenvalue weighted by Crippen LogP contribution is 2.05. The molecule has 0 aromatic rings. The summed E-state index contributed by atoms with van der Waals surface area (Å²) in [6, 6.07) is 0. The van der Waals surface area contributed by atoms with Gasteiger partial charge in [-0.25, -0.2) is 0 Å². The molecule has 7 heteroatoms. The Hall–Kier alpha value is -0.340. The SMILES string of the molecule is CN(C)CCSCCC(=O)NC(CO)(CO)CO. The molecule has 0 radical (unpaired) electrons. The molecule has 0 aliphatic heterocycles. The second-order valence-corrected chi connectivity index (χ2v) is 5.69. The molecule has 0 aromatic carbocycles. The van der Waals surface area contributed by atoms with Crippen molar-refractivity contribution < 1.29 is 20.1 Å². The molecule has 0 atom stereocenters. The lowest BCUT2D eigenvalue weighted by molar-refractivity contribution is -0.124. The van der Waals surface area contributed by atoms with E-state index in [1.165, 1.54) is 0 Å². The number of rotatable bonds is 10. The molecule has 0 spiro atoms. The number of nitrogens with zero attached hydrogens (tertiary/aromatic N) is 1. The minimum atomic E-state index is -1.31. The van der Waals surface area contributed by atoms with Crippen molar-refractivity contribution in [3.8, 4) is 0 Å². The number of aliphatic hydroxyl groups is 3. The van der Waals surface area contributed by atoms with Crippen molar-refractivity contribution in [3.05, 3.63) is 0 Å². The number of nitrogens with one attached hydrogen (secondary N) is 1. The van der Waals surface area contributed by atoms with Gasteiger partial charge in [0.2, 0.25) is 5.91 Å². The summed E-state index contributed by atoms with van der Waals surface area (Å²) in [5.74, 6) is 1.35. The van der Waals surface area contributed by atoms with Gasteiger partial charge in [-0.05, 0) is 14.1 Å². The van der Waals surface area contributed by atoms with Gasteiger partial charge in [-0.2, -0.15) is 11.8 Å². The topological polar surface area (TPSA) is 93.0 Å². The maximum Gasteiger partial charge on any atom is 0.221 e. The Bertz CT molecular complexity index is 227. The zero-order valence-corrected chi connectivity index (χ0v) is 11.9. The molecule has 0 aliphatic rings. The van der Waals surface area contributed by atoms with Gasteiger partial charge >= 0.3 is 0 Å². The van der Waals surface area contributed by atoms with Gasteiger partial charge in [0.15, 0.2) is 0 Å². The van der Waals surface area contributed by atoms with E-state index in [-0.39, 0.29) is 5.91 Å². The van der Waals surface area contributed by atoms with Crippen molar-refractivity contribution in [1.82, 2.24) is 10.2 Å².